The van der Waals surface area contributed by atoms with Crippen LogP contribution >= 0.6 is 11.6 Å². The van der Waals surface area contributed by atoms with E-state index in [4.69, 9.17) is 25.8 Å². The quantitative estimate of drug-likeness (QED) is 0.191. The van der Waals surface area contributed by atoms with Crippen LogP contribution in [0.4, 0.5) is 8.78 Å². The molecule has 0 spiro atoms. The highest BCUT2D eigenvalue weighted by Crippen LogP contribution is 2.20. The van der Waals surface area contributed by atoms with E-state index in [1.807, 2.05) is 84.9 Å². The predicted octanol–water partition coefficient (Wildman–Crippen LogP) is 10.2. The van der Waals surface area contributed by atoms with Crippen LogP contribution in [0.5, 0.6) is 0 Å². The van der Waals surface area contributed by atoms with Gasteiger partial charge in [0.25, 0.3) is 0 Å². The molecule has 0 radical (unpaired) electrons. The molecule has 0 heterocycles. The summed E-state index contributed by atoms with van der Waals surface area (Å²) in [6, 6.07) is 18.7. The number of rotatable bonds is 6. The fourth-order valence-electron chi connectivity index (χ4n) is 3.14. The van der Waals surface area contributed by atoms with E-state index in [2.05, 4.69) is 0 Å². The lowest BCUT2D eigenvalue weighted by Gasteiger charge is -2.16. The normalized spacial score (nSPS) is 11.0. The molecule has 0 unspecified atom stereocenters. The van der Waals surface area contributed by atoms with Gasteiger partial charge in [0.1, 0.15) is 31.5 Å². The molecule has 3 aromatic rings. The number of aryl methyl sites for hydroxylation is 1. The molecular formula is C38H51ClF2O6. The molecule has 0 fully saturated rings. The molecule has 0 aromatic heterocycles. The Labute approximate surface area is 284 Å². The van der Waals surface area contributed by atoms with Crippen LogP contribution in [0.25, 0.3) is 0 Å². The average molecular weight is 677 g/mol. The lowest BCUT2D eigenvalue weighted by molar-refractivity contribution is -0.155. The number of carbonyl (C=O) groups excluding carboxylic acids is 3. The third-order valence-corrected chi connectivity index (χ3v) is 6.23. The maximum atomic E-state index is 13.2. The van der Waals surface area contributed by atoms with E-state index in [1.54, 1.807) is 32.9 Å². The van der Waals surface area contributed by atoms with Crippen LogP contribution in [0.1, 0.15) is 92.0 Å². The molecule has 0 saturated carbocycles. The van der Waals surface area contributed by atoms with E-state index in [1.165, 1.54) is 11.6 Å². The number of carbonyl (C=O) groups is 3. The number of esters is 3. The summed E-state index contributed by atoms with van der Waals surface area (Å²) >= 11 is 5.74. The Kier molecular flexibility index (Phi) is 17.6. The van der Waals surface area contributed by atoms with Crippen molar-refractivity contribution in [3.05, 3.63) is 106 Å². The van der Waals surface area contributed by atoms with E-state index in [-0.39, 0.29) is 31.5 Å². The number of hydrogen-bond acceptors (Lipinski definition) is 6. The largest absolute Gasteiger partial charge is 0.460 e. The highest BCUT2D eigenvalue weighted by atomic mass is 35.5. The average Bonchev–Trinajstić information content (AvgIpc) is 2.94. The summed E-state index contributed by atoms with van der Waals surface area (Å²) in [6.45, 7) is 18.4. The summed E-state index contributed by atoms with van der Waals surface area (Å²) < 4.78 is 41.5. The summed E-state index contributed by atoms with van der Waals surface area (Å²) in [5.74, 6) is -2.26. The van der Waals surface area contributed by atoms with E-state index < -0.39 is 33.8 Å². The van der Waals surface area contributed by atoms with Gasteiger partial charge in [-0.15, -0.1) is 0 Å². The van der Waals surface area contributed by atoms with Crippen LogP contribution in [0, 0.1) is 34.8 Å². The summed E-state index contributed by atoms with van der Waals surface area (Å²) in [4.78, 5) is 34.4. The number of hydrogen-bond donors (Lipinski definition) is 0. The highest BCUT2D eigenvalue weighted by molar-refractivity contribution is 6.30. The first-order valence-electron chi connectivity index (χ1n) is 14.9. The van der Waals surface area contributed by atoms with Gasteiger partial charge in [0.2, 0.25) is 0 Å². The third kappa shape index (κ3) is 17.1. The molecule has 47 heavy (non-hydrogen) atoms. The second kappa shape index (κ2) is 19.1. The molecule has 0 aliphatic heterocycles. The molecular weight excluding hydrogens is 626 g/mol. The second-order valence-electron chi connectivity index (χ2n) is 13.8. The molecule has 0 aliphatic rings. The van der Waals surface area contributed by atoms with Crippen molar-refractivity contribution < 1.29 is 37.4 Å². The van der Waals surface area contributed by atoms with Crippen LogP contribution in [0.3, 0.4) is 0 Å². The Morgan fingerprint density at radius 3 is 1.38 bits per heavy atom. The Bertz CT molecular complexity index is 1410. The predicted molar refractivity (Wildman–Crippen MR) is 183 cm³/mol. The van der Waals surface area contributed by atoms with Crippen molar-refractivity contribution >= 4 is 29.5 Å². The number of ether oxygens (including phenoxy) is 3. The van der Waals surface area contributed by atoms with Gasteiger partial charge < -0.3 is 14.2 Å². The van der Waals surface area contributed by atoms with Crippen LogP contribution in [-0.4, -0.2) is 17.9 Å². The Hall–Kier alpha value is -3.78. The topological polar surface area (TPSA) is 78.9 Å². The summed E-state index contributed by atoms with van der Waals surface area (Å²) in [6.07, 6.45) is 0. The van der Waals surface area contributed by atoms with Crippen molar-refractivity contribution in [1.29, 1.82) is 0 Å². The lowest BCUT2D eigenvalue weighted by atomic mass is 9.97. The van der Waals surface area contributed by atoms with Gasteiger partial charge in [-0.1, -0.05) is 67.1 Å². The van der Waals surface area contributed by atoms with Gasteiger partial charge in [0.05, 0.1) is 21.8 Å². The molecule has 0 saturated heterocycles. The van der Waals surface area contributed by atoms with Gasteiger partial charge in [-0.2, -0.15) is 0 Å². The van der Waals surface area contributed by atoms with Crippen molar-refractivity contribution in [2.45, 2.75) is 96.5 Å². The Morgan fingerprint density at radius 2 is 0.979 bits per heavy atom. The van der Waals surface area contributed by atoms with Crippen molar-refractivity contribution in [3.63, 3.8) is 0 Å². The minimum Gasteiger partial charge on any atom is -0.460 e. The molecule has 260 valence electrons. The fourth-order valence-corrected chi connectivity index (χ4v) is 3.26. The van der Waals surface area contributed by atoms with Gasteiger partial charge in [-0.25, -0.2) is 8.78 Å². The minimum atomic E-state index is -0.707. The smallest absolute Gasteiger partial charge is 0.311 e. The maximum absolute atomic E-state index is 13.2. The molecule has 3 aromatic carbocycles. The van der Waals surface area contributed by atoms with Crippen molar-refractivity contribution in [2.24, 2.45) is 16.2 Å². The van der Waals surface area contributed by atoms with E-state index in [9.17, 15) is 23.2 Å². The summed E-state index contributed by atoms with van der Waals surface area (Å²) in [5, 5.41) is 0.681. The van der Waals surface area contributed by atoms with Crippen molar-refractivity contribution in [1.82, 2.24) is 0 Å². The molecule has 0 aliphatic carbocycles. The Balaban J connectivity index is 0.000000669. The van der Waals surface area contributed by atoms with Gasteiger partial charge in [-0.3, -0.25) is 14.4 Å². The van der Waals surface area contributed by atoms with Crippen LogP contribution in [0.15, 0.2) is 66.7 Å². The van der Waals surface area contributed by atoms with Crippen molar-refractivity contribution in [3.8, 4) is 0 Å². The molecule has 0 atom stereocenters. The summed E-state index contributed by atoms with van der Waals surface area (Å²) in [5.41, 5.74) is 1.38. The van der Waals surface area contributed by atoms with Gasteiger partial charge in [0, 0.05) is 5.02 Å². The molecule has 0 N–H and O–H groups in total. The van der Waals surface area contributed by atoms with Crippen LogP contribution in [0.2, 0.25) is 5.02 Å². The highest BCUT2D eigenvalue weighted by Gasteiger charge is 2.25. The standard InChI is InChI=1S/C13H18O2.C12H15ClO2.C12H14F2O2.CH4/c1-10-6-5-7-11(8-10)9-15-12(14)13(2,3)4;1-12(2,3)11(14)15-8-9-4-6-10(13)7-5-9;1-12(2,3)11(15)16-7-8-9(13)5-4-6-10(8)14;/h5-8H,9H2,1-4H3;4-7H,8H2,1-3H3;4-6H,7H2,1-3H3;1H4. The molecule has 9 heteroatoms. The minimum absolute atomic E-state index is 0. The lowest BCUT2D eigenvalue weighted by Crippen LogP contribution is -2.23. The van der Waals surface area contributed by atoms with E-state index >= 15 is 0 Å². The fraction of sp³-hybridized carbons (Fsp3) is 0.447. The molecule has 3 rings (SSSR count). The maximum Gasteiger partial charge on any atom is 0.311 e. The SMILES string of the molecule is C.CC(C)(C)C(=O)OCc1c(F)cccc1F.CC(C)(C)C(=O)OCc1ccc(Cl)cc1.Cc1cccc(COC(=O)C(C)(C)C)c1. The third-order valence-electron chi connectivity index (χ3n) is 5.98. The first-order chi connectivity index (χ1) is 21.1. The molecule has 0 amide bonds. The monoisotopic (exact) mass is 676 g/mol. The zero-order chi connectivity index (χ0) is 35.3. The zero-order valence-electron chi connectivity index (χ0n) is 28.6. The van der Waals surface area contributed by atoms with Gasteiger partial charge in [0.15, 0.2) is 0 Å². The summed E-state index contributed by atoms with van der Waals surface area (Å²) in [7, 11) is 0. The van der Waals surface area contributed by atoms with E-state index in [0.717, 1.165) is 23.3 Å². The van der Waals surface area contributed by atoms with Crippen LogP contribution < -0.4 is 0 Å². The molecule has 0 bridgehead atoms. The number of benzene rings is 3. The first-order valence-corrected chi connectivity index (χ1v) is 15.2. The first kappa shape index (κ1) is 43.2. The Morgan fingerprint density at radius 1 is 0.596 bits per heavy atom. The van der Waals surface area contributed by atoms with Crippen molar-refractivity contribution in [2.75, 3.05) is 0 Å². The van der Waals surface area contributed by atoms with Gasteiger partial charge in [-0.05, 0) is 105 Å². The number of halogens is 3. The van der Waals surface area contributed by atoms with Crippen LogP contribution in [-0.2, 0) is 48.4 Å². The van der Waals surface area contributed by atoms with Gasteiger partial charge >= 0.3 is 17.9 Å². The zero-order valence-corrected chi connectivity index (χ0v) is 29.3. The molecule has 6 nitrogen and oxygen atoms in total. The van der Waals surface area contributed by atoms with E-state index in [0.29, 0.717) is 18.2 Å². The second-order valence-corrected chi connectivity index (χ2v) is 14.2.